The molecule has 1 aliphatic carbocycles. The Bertz CT molecular complexity index is 511. The van der Waals surface area contributed by atoms with E-state index in [1.54, 1.807) is 0 Å². The number of amides is 1. The number of benzene rings is 1. The van der Waals surface area contributed by atoms with Crippen LogP contribution in [0.2, 0.25) is 0 Å². The lowest BCUT2D eigenvalue weighted by Crippen LogP contribution is -2.30. The van der Waals surface area contributed by atoms with Crippen LogP contribution in [0.15, 0.2) is 24.3 Å². The Morgan fingerprint density at radius 3 is 2.86 bits per heavy atom. The summed E-state index contributed by atoms with van der Waals surface area (Å²) in [6, 6.07) is 7.82. The predicted octanol–water partition coefficient (Wildman–Crippen LogP) is 2.39. The molecule has 2 aliphatic rings. The van der Waals surface area contributed by atoms with Crippen LogP contribution in [0.25, 0.3) is 0 Å². The van der Waals surface area contributed by atoms with Gasteiger partial charge in [0.15, 0.2) is 0 Å². The van der Waals surface area contributed by atoms with Crippen molar-refractivity contribution in [2.45, 2.75) is 25.4 Å². The lowest BCUT2D eigenvalue weighted by atomic mass is 10.1. The molecule has 0 aromatic heterocycles. The molecule has 3 rings (SSSR count). The standard InChI is InChI=1S/C17H24N2O2/c1-18(2)15-5-3-4-14(10-15)17(20)19-9-8-16(11-19)21-12-13-6-7-13/h3-5,10,13,16H,6-9,11-12H2,1-2H3. The number of hydrogen-bond acceptors (Lipinski definition) is 3. The van der Waals surface area contributed by atoms with Gasteiger partial charge in [-0.25, -0.2) is 0 Å². The van der Waals surface area contributed by atoms with E-state index in [0.29, 0.717) is 0 Å². The van der Waals surface area contributed by atoms with Gasteiger partial charge in [0.05, 0.1) is 6.10 Å². The quantitative estimate of drug-likeness (QED) is 0.834. The third-order valence-electron chi connectivity index (χ3n) is 4.31. The van der Waals surface area contributed by atoms with E-state index < -0.39 is 0 Å². The molecule has 0 N–H and O–H groups in total. The lowest BCUT2D eigenvalue weighted by Gasteiger charge is -2.18. The molecule has 1 unspecified atom stereocenters. The number of anilines is 1. The Kier molecular flexibility index (Phi) is 4.15. The second-order valence-corrected chi connectivity index (χ2v) is 6.38. The van der Waals surface area contributed by atoms with Crippen LogP contribution in [0, 0.1) is 5.92 Å². The first-order valence-electron chi connectivity index (χ1n) is 7.82. The van der Waals surface area contributed by atoms with Crippen molar-refractivity contribution in [3.63, 3.8) is 0 Å². The first-order valence-corrected chi connectivity index (χ1v) is 7.82. The zero-order valence-electron chi connectivity index (χ0n) is 12.9. The van der Waals surface area contributed by atoms with Crippen molar-refractivity contribution >= 4 is 11.6 Å². The Morgan fingerprint density at radius 1 is 1.33 bits per heavy atom. The topological polar surface area (TPSA) is 32.8 Å². The van der Waals surface area contributed by atoms with Crippen molar-refractivity contribution in [1.29, 1.82) is 0 Å². The largest absolute Gasteiger partial charge is 0.378 e. The molecule has 0 bridgehead atoms. The molecule has 1 saturated carbocycles. The van der Waals surface area contributed by atoms with Crippen molar-refractivity contribution < 1.29 is 9.53 Å². The minimum absolute atomic E-state index is 0.122. The number of carbonyl (C=O) groups excluding carboxylic acids is 1. The normalized spacial score (nSPS) is 21.6. The van der Waals surface area contributed by atoms with Gasteiger partial charge in [0.2, 0.25) is 0 Å². The van der Waals surface area contributed by atoms with Gasteiger partial charge < -0.3 is 14.5 Å². The van der Waals surface area contributed by atoms with Crippen LogP contribution >= 0.6 is 0 Å². The van der Waals surface area contributed by atoms with E-state index in [4.69, 9.17) is 4.74 Å². The minimum Gasteiger partial charge on any atom is -0.378 e. The molecule has 4 nitrogen and oxygen atoms in total. The van der Waals surface area contributed by atoms with E-state index >= 15 is 0 Å². The molecule has 114 valence electrons. The molecular formula is C17H24N2O2. The van der Waals surface area contributed by atoms with E-state index in [2.05, 4.69) is 0 Å². The second kappa shape index (κ2) is 6.06. The van der Waals surface area contributed by atoms with E-state index in [1.807, 2.05) is 48.2 Å². The number of ether oxygens (including phenoxy) is 1. The van der Waals surface area contributed by atoms with Crippen LogP contribution < -0.4 is 4.90 Å². The van der Waals surface area contributed by atoms with Crippen molar-refractivity contribution in [2.24, 2.45) is 5.92 Å². The number of carbonyl (C=O) groups is 1. The highest BCUT2D eigenvalue weighted by Crippen LogP contribution is 2.30. The van der Waals surface area contributed by atoms with Crippen molar-refractivity contribution in [3.8, 4) is 0 Å². The van der Waals surface area contributed by atoms with Crippen LogP contribution in [0.4, 0.5) is 5.69 Å². The van der Waals surface area contributed by atoms with Gasteiger partial charge in [0.25, 0.3) is 5.91 Å². The van der Waals surface area contributed by atoms with Gasteiger partial charge in [-0.3, -0.25) is 4.79 Å². The molecule has 1 amide bonds. The monoisotopic (exact) mass is 288 g/mol. The average molecular weight is 288 g/mol. The van der Waals surface area contributed by atoms with E-state index in [0.717, 1.165) is 43.3 Å². The summed E-state index contributed by atoms with van der Waals surface area (Å²) < 4.78 is 5.90. The molecule has 1 aliphatic heterocycles. The van der Waals surface area contributed by atoms with Gasteiger partial charge in [-0.1, -0.05) is 6.07 Å². The van der Waals surface area contributed by atoms with Crippen LogP contribution in [0.3, 0.4) is 0 Å². The fourth-order valence-electron chi connectivity index (χ4n) is 2.71. The highest BCUT2D eigenvalue weighted by molar-refractivity contribution is 5.95. The fraction of sp³-hybridized carbons (Fsp3) is 0.588. The summed E-state index contributed by atoms with van der Waals surface area (Å²) in [6.07, 6.45) is 3.82. The number of likely N-dealkylation sites (tertiary alicyclic amines) is 1. The maximum Gasteiger partial charge on any atom is 0.254 e. The highest BCUT2D eigenvalue weighted by atomic mass is 16.5. The van der Waals surface area contributed by atoms with Gasteiger partial charge in [0, 0.05) is 45.0 Å². The van der Waals surface area contributed by atoms with E-state index in [1.165, 1.54) is 12.8 Å². The average Bonchev–Trinajstić information content (AvgIpc) is 3.21. The van der Waals surface area contributed by atoms with Crippen LogP contribution in [-0.4, -0.2) is 50.7 Å². The molecule has 1 atom stereocenters. The predicted molar refractivity (Wildman–Crippen MR) is 83.8 cm³/mol. The minimum atomic E-state index is 0.122. The molecule has 0 radical (unpaired) electrons. The molecule has 21 heavy (non-hydrogen) atoms. The maximum atomic E-state index is 12.6. The summed E-state index contributed by atoms with van der Waals surface area (Å²) in [5.41, 5.74) is 1.82. The summed E-state index contributed by atoms with van der Waals surface area (Å²) in [5, 5.41) is 0. The van der Waals surface area contributed by atoms with Crippen molar-refractivity contribution in [2.75, 3.05) is 38.7 Å². The Balaban J connectivity index is 1.58. The smallest absolute Gasteiger partial charge is 0.254 e. The van der Waals surface area contributed by atoms with E-state index in [9.17, 15) is 4.79 Å². The van der Waals surface area contributed by atoms with Gasteiger partial charge in [-0.2, -0.15) is 0 Å². The third kappa shape index (κ3) is 3.56. The molecule has 1 aromatic rings. The van der Waals surface area contributed by atoms with Gasteiger partial charge in [-0.15, -0.1) is 0 Å². The second-order valence-electron chi connectivity index (χ2n) is 6.38. The summed E-state index contributed by atoms with van der Waals surface area (Å²) in [5.74, 6) is 0.905. The molecule has 4 heteroatoms. The molecule has 0 spiro atoms. The molecule has 2 fully saturated rings. The van der Waals surface area contributed by atoms with Crippen LogP contribution in [0.5, 0.6) is 0 Å². The van der Waals surface area contributed by atoms with Gasteiger partial charge >= 0.3 is 0 Å². The maximum absolute atomic E-state index is 12.6. The van der Waals surface area contributed by atoms with Gasteiger partial charge in [-0.05, 0) is 43.4 Å². The lowest BCUT2D eigenvalue weighted by molar-refractivity contribution is 0.0480. The van der Waals surface area contributed by atoms with E-state index in [-0.39, 0.29) is 12.0 Å². The molecule has 1 saturated heterocycles. The summed E-state index contributed by atoms with van der Waals surface area (Å²) in [4.78, 5) is 16.5. The first-order chi connectivity index (χ1) is 10.1. The molecule has 1 heterocycles. The zero-order chi connectivity index (χ0) is 14.8. The fourth-order valence-corrected chi connectivity index (χ4v) is 2.71. The SMILES string of the molecule is CN(C)c1cccc(C(=O)N2CCC(OCC3CC3)C2)c1. The molecular weight excluding hydrogens is 264 g/mol. The Hall–Kier alpha value is -1.55. The van der Waals surface area contributed by atoms with Crippen molar-refractivity contribution in [3.05, 3.63) is 29.8 Å². The number of rotatable bonds is 5. The number of hydrogen-bond donors (Lipinski definition) is 0. The summed E-state index contributed by atoms with van der Waals surface area (Å²) in [7, 11) is 3.97. The number of nitrogens with zero attached hydrogens (tertiary/aromatic N) is 2. The molecule has 1 aromatic carbocycles. The Morgan fingerprint density at radius 2 is 2.14 bits per heavy atom. The Labute approximate surface area is 126 Å². The first kappa shape index (κ1) is 14.4. The van der Waals surface area contributed by atoms with Gasteiger partial charge in [0.1, 0.15) is 0 Å². The zero-order valence-corrected chi connectivity index (χ0v) is 12.9. The van der Waals surface area contributed by atoms with Crippen LogP contribution in [-0.2, 0) is 4.74 Å². The third-order valence-corrected chi connectivity index (χ3v) is 4.31. The summed E-state index contributed by atoms with van der Waals surface area (Å²) >= 11 is 0. The highest BCUT2D eigenvalue weighted by Gasteiger charge is 2.29. The van der Waals surface area contributed by atoms with Crippen LogP contribution in [0.1, 0.15) is 29.6 Å². The summed E-state index contributed by atoms with van der Waals surface area (Å²) in [6.45, 7) is 2.42. The van der Waals surface area contributed by atoms with Crippen molar-refractivity contribution in [1.82, 2.24) is 4.90 Å².